The van der Waals surface area contributed by atoms with Crippen molar-refractivity contribution in [2.45, 2.75) is 0 Å². The van der Waals surface area contributed by atoms with E-state index in [1.807, 2.05) is 18.2 Å². The van der Waals surface area contributed by atoms with Gasteiger partial charge >= 0.3 is 0 Å². The number of aromatic nitrogens is 3. The number of fused-ring (bicyclic) bond motifs is 1. The maximum absolute atomic E-state index is 5.48. The predicted octanol–water partition coefficient (Wildman–Crippen LogP) is 2.21. The molecule has 0 fully saturated rings. The van der Waals surface area contributed by atoms with Gasteiger partial charge in [0.25, 0.3) is 0 Å². The summed E-state index contributed by atoms with van der Waals surface area (Å²) in [7, 11) is 0. The molecular formula is C12H10N4. The lowest BCUT2D eigenvalue weighted by atomic mass is 10.1. The van der Waals surface area contributed by atoms with E-state index in [9.17, 15) is 0 Å². The maximum Gasteiger partial charge on any atom is 0.239 e. The van der Waals surface area contributed by atoms with Crippen LogP contribution in [-0.4, -0.2) is 15.2 Å². The minimum absolute atomic E-state index is 0.267. The zero-order valence-corrected chi connectivity index (χ0v) is 8.51. The number of nitrogen functional groups attached to an aromatic ring is 1. The minimum atomic E-state index is 0.267. The average molecular weight is 210 g/mol. The van der Waals surface area contributed by atoms with Gasteiger partial charge in [0.15, 0.2) is 5.82 Å². The van der Waals surface area contributed by atoms with Crippen molar-refractivity contribution >= 4 is 16.7 Å². The third-order valence-corrected chi connectivity index (χ3v) is 2.53. The molecule has 4 heteroatoms. The fraction of sp³-hybridized carbons (Fsp3) is 0. The first-order valence-corrected chi connectivity index (χ1v) is 5.00. The normalized spacial score (nSPS) is 10.8. The van der Waals surface area contributed by atoms with Gasteiger partial charge in [-0.05, 0) is 16.8 Å². The minimum Gasteiger partial charge on any atom is -0.366 e. The van der Waals surface area contributed by atoms with Crippen LogP contribution in [0.4, 0.5) is 5.95 Å². The molecule has 3 N–H and O–H groups in total. The molecule has 2 aromatic carbocycles. The van der Waals surface area contributed by atoms with E-state index >= 15 is 0 Å². The van der Waals surface area contributed by atoms with Gasteiger partial charge in [0.1, 0.15) is 0 Å². The topological polar surface area (TPSA) is 67.6 Å². The summed E-state index contributed by atoms with van der Waals surface area (Å²) in [5, 5.41) is 9.00. The standard InChI is InChI=1S/C12H10N4/c13-12-14-11(15-16-12)10-6-5-8-3-1-2-4-9(8)7-10/h1-7H,(H3,13,14,15,16). The van der Waals surface area contributed by atoms with Crippen LogP contribution in [0.3, 0.4) is 0 Å². The highest BCUT2D eigenvalue weighted by Gasteiger charge is 2.03. The largest absolute Gasteiger partial charge is 0.366 e. The van der Waals surface area contributed by atoms with Crippen molar-refractivity contribution in [1.29, 1.82) is 0 Å². The number of nitrogens with two attached hydrogens (primary N) is 1. The third-order valence-electron chi connectivity index (χ3n) is 2.53. The van der Waals surface area contributed by atoms with Gasteiger partial charge in [-0.1, -0.05) is 36.4 Å². The SMILES string of the molecule is Nc1n[nH]c(-c2ccc3ccccc3c2)n1. The number of hydrogen-bond donors (Lipinski definition) is 2. The summed E-state index contributed by atoms with van der Waals surface area (Å²) in [6.45, 7) is 0. The molecule has 0 bridgehead atoms. The first-order valence-electron chi connectivity index (χ1n) is 5.00. The second-order valence-electron chi connectivity index (χ2n) is 3.60. The molecule has 4 nitrogen and oxygen atoms in total. The van der Waals surface area contributed by atoms with Gasteiger partial charge < -0.3 is 5.73 Å². The van der Waals surface area contributed by atoms with Crippen molar-refractivity contribution in [1.82, 2.24) is 15.2 Å². The van der Waals surface area contributed by atoms with Crippen LogP contribution < -0.4 is 5.73 Å². The highest BCUT2D eigenvalue weighted by Crippen LogP contribution is 2.21. The molecule has 3 aromatic rings. The van der Waals surface area contributed by atoms with E-state index in [0.29, 0.717) is 5.82 Å². The molecule has 0 aliphatic heterocycles. The van der Waals surface area contributed by atoms with Gasteiger partial charge in [0, 0.05) is 5.56 Å². The van der Waals surface area contributed by atoms with Crippen LogP contribution in [0.25, 0.3) is 22.2 Å². The van der Waals surface area contributed by atoms with Crippen LogP contribution in [0, 0.1) is 0 Å². The summed E-state index contributed by atoms with van der Waals surface area (Å²) in [5.41, 5.74) is 6.46. The number of hydrogen-bond acceptors (Lipinski definition) is 3. The molecule has 0 unspecified atom stereocenters. The van der Waals surface area contributed by atoms with E-state index in [-0.39, 0.29) is 5.95 Å². The van der Waals surface area contributed by atoms with Crippen molar-refractivity contribution in [3.8, 4) is 11.4 Å². The molecule has 0 aliphatic rings. The highest BCUT2D eigenvalue weighted by molar-refractivity contribution is 5.86. The van der Waals surface area contributed by atoms with Crippen molar-refractivity contribution < 1.29 is 0 Å². The molecule has 0 atom stereocenters. The molecule has 1 heterocycles. The Morgan fingerprint density at radius 3 is 2.56 bits per heavy atom. The van der Waals surface area contributed by atoms with Crippen LogP contribution in [0.5, 0.6) is 0 Å². The van der Waals surface area contributed by atoms with Crippen molar-refractivity contribution in [2.24, 2.45) is 0 Å². The Hall–Kier alpha value is -2.36. The summed E-state index contributed by atoms with van der Waals surface area (Å²) < 4.78 is 0. The predicted molar refractivity (Wildman–Crippen MR) is 63.7 cm³/mol. The fourth-order valence-corrected chi connectivity index (χ4v) is 1.74. The van der Waals surface area contributed by atoms with Gasteiger partial charge in [0.2, 0.25) is 5.95 Å². The smallest absolute Gasteiger partial charge is 0.239 e. The molecule has 0 saturated carbocycles. The summed E-state index contributed by atoms with van der Waals surface area (Å²) in [4.78, 5) is 4.10. The molecule has 78 valence electrons. The van der Waals surface area contributed by atoms with Crippen LogP contribution in [0.2, 0.25) is 0 Å². The lowest BCUT2D eigenvalue weighted by Gasteiger charge is -1.99. The zero-order valence-electron chi connectivity index (χ0n) is 8.51. The maximum atomic E-state index is 5.48. The molecule has 1 aromatic heterocycles. The monoisotopic (exact) mass is 210 g/mol. The molecule has 0 amide bonds. The summed E-state index contributed by atoms with van der Waals surface area (Å²) >= 11 is 0. The van der Waals surface area contributed by atoms with Gasteiger partial charge in [-0.3, -0.25) is 5.10 Å². The highest BCUT2D eigenvalue weighted by atomic mass is 15.3. The Balaban J connectivity index is 2.18. The fourth-order valence-electron chi connectivity index (χ4n) is 1.74. The molecule has 0 saturated heterocycles. The van der Waals surface area contributed by atoms with Crippen molar-refractivity contribution in [3.05, 3.63) is 42.5 Å². The summed E-state index contributed by atoms with van der Waals surface area (Å²) in [6, 6.07) is 14.3. The Kier molecular flexibility index (Phi) is 1.86. The number of nitrogens with one attached hydrogen (secondary N) is 1. The lowest BCUT2D eigenvalue weighted by Crippen LogP contribution is -1.85. The first kappa shape index (κ1) is 8.91. The number of anilines is 1. The van der Waals surface area contributed by atoms with Crippen LogP contribution in [-0.2, 0) is 0 Å². The van der Waals surface area contributed by atoms with Gasteiger partial charge in [-0.2, -0.15) is 4.98 Å². The Morgan fingerprint density at radius 1 is 1.00 bits per heavy atom. The van der Waals surface area contributed by atoms with E-state index in [0.717, 1.165) is 5.56 Å². The molecule has 0 aliphatic carbocycles. The molecule has 0 radical (unpaired) electrons. The Labute approximate surface area is 92.1 Å². The average Bonchev–Trinajstić information content (AvgIpc) is 2.75. The first-order chi connectivity index (χ1) is 7.83. The van der Waals surface area contributed by atoms with Gasteiger partial charge in [-0.15, -0.1) is 5.10 Å². The van der Waals surface area contributed by atoms with Crippen molar-refractivity contribution in [3.63, 3.8) is 0 Å². The molecule has 3 rings (SSSR count). The van der Waals surface area contributed by atoms with Crippen LogP contribution in [0.15, 0.2) is 42.5 Å². The van der Waals surface area contributed by atoms with Gasteiger partial charge in [-0.25, -0.2) is 0 Å². The number of benzene rings is 2. The quantitative estimate of drug-likeness (QED) is 0.647. The van der Waals surface area contributed by atoms with E-state index in [1.54, 1.807) is 0 Å². The Morgan fingerprint density at radius 2 is 1.81 bits per heavy atom. The number of nitrogens with zero attached hydrogens (tertiary/aromatic N) is 2. The molecule has 16 heavy (non-hydrogen) atoms. The zero-order chi connectivity index (χ0) is 11.0. The molecular weight excluding hydrogens is 200 g/mol. The van der Waals surface area contributed by atoms with E-state index in [2.05, 4.69) is 39.4 Å². The Bertz CT molecular complexity index is 642. The van der Waals surface area contributed by atoms with E-state index in [1.165, 1.54) is 10.8 Å². The number of H-pyrrole nitrogens is 1. The van der Waals surface area contributed by atoms with E-state index in [4.69, 9.17) is 5.73 Å². The second-order valence-corrected chi connectivity index (χ2v) is 3.60. The van der Waals surface area contributed by atoms with Crippen molar-refractivity contribution in [2.75, 3.05) is 5.73 Å². The summed E-state index contributed by atoms with van der Waals surface area (Å²) in [5.74, 6) is 0.964. The van der Waals surface area contributed by atoms with Crippen LogP contribution in [0.1, 0.15) is 0 Å². The van der Waals surface area contributed by atoms with Crippen LogP contribution >= 0.6 is 0 Å². The number of aromatic amines is 1. The number of rotatable bonds is 1. The third kappa shape index (κ3) is 1.40. The van der Waals surface area contributed by atoms with E-state index < -0.39 is 0 Å². The lowest BCUT2D eigenvalue weighted by molar-refractivity contribution is 1.10. The second kappa shape index (κ2) is 3.34. The summed E-state index contributed by atoms with van der Waals surface area (Å²) in [6.07, 6.45) is 0. The molecule has 0 spiro atoms. The van der Waals surface area contributed by atoms with Gasteiger partial charge in [0.05, 0.1) is 0 Å².